The minimum Gasteiger partial charge on any atom is -0.489 e. The highest BCUT2D eigenvalue weighted by Gasteiger charge is 2.14. The van der Waals surface area contributed by atoms with Crippen molar-refractivity contribution in [1.29, 1.82) is 0 Å². The third-order valence-electron chi connectivity index (χ3n) is 3.10. The zero-order valence-electron chi connectivity index (χ0n) is 11.1. The maximum Gasteiger partial charge on any atom is 0.169 e. The number of para-hydroxylation sites is 1. The van der Waals surface area contributed by atoms with E-state index in [1.54, 1.807) is 0 Å². The first-order valence-electron chi connectivity index (χ1n) is 6.59. The van der Waals surface area contributed by atoms with Gasteiger partial charge in [0.1, 0.15) is 5.58 Å². The minimum absolute atomic E-state index is 0.367. The number of nitrogens with two attached hydrogens (primary N) is 1. The fourth-order valence-corrected chi connectivity index (χ4v) is 2.17. The Bertz CT molecular complexity index is 504. The van der Waals surface area contributed by atoms with Crippen LogP contribution in [0.1, 0.15) is 32.4 Å². The molecule has 0 amide bonds. The molecule has 2 N–H and O–H groups in total. The third-order valence-corrected chi connectivity index (χ3v) is 3.10. The molecule has 98 valence electrons. The van der Waals surface area contributed by atoms with E-state index in [4.69, 9.17) is 14.9 Å². The van der Waals surface area contributed by atoms with Crippen molar-refractivity contribution in [2.75, 3.05) is 6.61 Å². The molecule has 1 unspecified atom stereocenters. The maximum absolute atomic E-state index is 5.92. The summed E-state index contributed by atoms with van der Waals surface area (Å²) in [6.45, 7) is 5.47. The van der Waals surface area contributed by atoms with E-state index < -0.39 is 0 Å². The van der Waals surface area contributed by atoms with E-state index in [9.17, 15) is 0 Å². The van der Waals surface area contributed by atoms with Gasteiger partial charge in [-0.25, -0.2) is 0 Å². The molecule has 3 heteroatoms. The van der Waals surface area contributed by atoms with Crippen LogP contribution in [-0.4, -0.2) is 6.61 Å². The first kappa shape index (κ1) is 13.0. The Hall–Kier alpha value is -1.48. The van der Waals surface area contributed by atoms with E-state index in [-0.39, 0.29) is 0 Å². The zero-order valence-corrected chi connectivity index (χ0v) is 11.1. The van der Waals surface area contributed by atoms with Crippen LogP contribution in [0.3, 0.4) is 0 Å². The second-order valence-corrected chi connectivity index (χ2v) is 4.76. The first-order valence-corrected chi connectivity index (χ1v) is 6.59. The predicted octanol–water partition coefficient (Wildman–Crippen LogP) is 3.71. The highest BCUT2D eigenvalue weighted by Crippen LogP contribution is 2.33. The van der Waals surface area contributed by atoms with Gasteiger partial charge in [0.15, 0.2) is 11.5 Å². The van der Waals surface area contributed by atoms with Crippen LogP contribution >= 0.6 is 0 Å². The fourth-order valence-electron chi connectivity index (χ4n) is 2.17. The summed E-state index contributed by atoms with van der Waals surface area (Å²) in [7, 11) is 0. The van der Waals surface area contributed by atoms with E-state index >= 15 is 0 Å². The number of fused-ring (bicyclic) bond motifs is 1. The molecule has 2 aromatic rings. The molecular formula is C15H21NO2. The van der Waals surface area contributed by atoms with Gasteiger partial charge >= 0.3 is 0 Å². The van der Waals surface area contributed by atoms with Gasteiger partial charge in [0.25, 0.3) is 0 Å². The van der Waals surface area contributed by atoms with Crippen molar-refractivity contribution in [1.82, 2.24) is 0 Å². The maximum atomic E-state index is 5.92. The Balaban J connectivity index is 2.20. The molecule has 0 fully saturated rings. The number of ether oxygens (including phenoxy) is 1. The minimum atomic E-state index is 0.367. The van der Waals surface area contributed by atoms with Gasteiger partial charge < -0.3 is 14.9 Å². The van der Waals surface area contributed by atoms with Crippen LogP contribution in [-0.2, 0) is 6.54 Å². The van der Waals surface area contributed by atoms with Gasteiger partial charge in [-0.1, -0.05) is 32.4 Å². The molecule has 0 aliphatic heterocycles. The molecule has 0 radical (unpaired) electrons. The molecule has 1 aromatic carbocycles. The molecule has 1 aromatic heterocycles. The lowest BCUT2D eigenvalue weighted by molar-refractivity contribution is 0.248. The van der Waals surface area contributed by atoms with Crippen molar-refractivity contribution in [2.24, 2.45) is 11.7 Å². The van der Waals surface area contributed by atoms with Gasteiger partial charge in [0.2, 0.25) is 0 Å². The molecule has 0 aliphatic rings. The standard InChI is InChI=1S/C15H21NO2/c1-3-6-11(2)10-17-15-12-7-4-5-8-13(12)18-14(15)9-16/h4-5,7-8,11H,3,6,9-10,16H2,1-2H3. The normalized spacial score (nSPS) is 12.8. The second kappa shape index (κ2) is 5.91. The molecule has 0 saturated heterocycles. The molecule has 0 bridgehead atoms. The summed E-state index contributed by atoms with van der Waals surface area (Å²) in [5.74, 6) is 2.10. The molecule has 3 nitrogen and oxygen atoms in total. The van der Waals surface area contributed by atoms with Gasteiger partial charge in [-0.2, -0.15) is 0 Å². The van der Waals surface area contributed by atoms with Crippen molar-refractivity contribution < 1.29 is 9.15 Å². The number of furan rings is 1. The Labute approximate surface area is 108 Å². The van der Waals surface area contributed by atoms with Crippen molar-refractivity contribution in [3.05, 3.63) is 30.0 Å². The molecule has 1 heterocycles. The van der Waals surface area contributed by atoms with Gasteiger partial charge in [0.05, 0.1) is 18.5 Å². The molecule has 0 saturated carbocycles. The average Bonchev–Trinajstić information content (AvgIpc) is 2.74. The van der Waals surface area contributed by atoms with Crippen LogP contribution in [0.25, 0.3) is 11.0 Å². The third kappa shape index (κ3) is 2.67. The summed E-state index contributed by atoms with van der Waals surface area (Å²) in [5.41, 5.74) is 6.55. The largest absolute Gasteiger partial charge is 0.489 e. The molecule has 2 rings (SSSR count). The topological polar surface area (TPSA) is 48.4 Å². The molecule has 1 atom stereocenters. The summed E-state index contributed by atoms with van der Waals surface area (Å²) in [5, 5.41) is 1.02. The van der Waals surface area contributed by atoms with Crippen LogP contribution < -0.4 is 10.5 Å². The van der Waals surface area contributed by atoms with E-state index in [0.717, 1.165) is 22.5 Å². The summed E-state index contributed by atoms with van der Waals surface area (Å²) < 4.78 is 11.6. The lowest BCUT2D eigenvalue weighted by Crippen LogP contribution is -2.09. The predicted molar refractivity (Wildman–Crippen MR) is 73.7 cm³/mol. The van der Waals surface area contributed by atoms with E-state index in [1.807, 2.05) is 24.3 Å². The number of rotatable bonds is 6. The number of benzene rings is 1. The Morgan fingerprint density at radius 1 is 1.33 bits per heavy atom. The lowest BCUT2D eigenvalue weighted by Gasteiger charge is -2.11. The van der Waals surface area contributed by atoms with E-state index in [0.29, 0.717) is 19.1 Å². The van der Waals surface area contributed by atoms with Gasteiger partial charge in [0, 0.05) is 0 Å². The summed E-state index contributed by atoms with van der Waals surface area (Å²) >= 11 is 0. The smallest absolute Gasteiger partial charge is 0.169 e. The van der Waals surface area contributed by atoms with Gasteiger partial charge in [-0.15, -0.1) is 0 Å². The van der Waals surface area contributed by atoms with Gasteiger partial charge in [-0.3, -0.25) is 0 Å². The van der Waals surface area contributed by atoms with Crippen LogP contribution in [0.15, 0.2) is 28.7 Å². The van der Waals surface area contributed by atoms with Crippen LogP contribution in [0.5, 0.6) is 5.75 Å². The van der Waals surface area contributed by atoms with Crippen LogP contribution in [0.2, 0.25) is 0 Å². The zero-order chi connectivity index (χ0) is 13.0. The highest BCUT2D eigenvalue weighted by atomic mass is 16.5. The highest BCUT2D eigenvalue weighted by molar-refractivity contribution is 5.85. The summed E-state index contributed by atoms with van der Waals surface area (Å²) in [6, 6.07) is 7.89. The Kier molecular flexibility index (Phi) is 4.26. The summed E-state index contributed by atoms with van der Waals surface area (Å²) in [6.07, 6.45) is 2.36. The van der Waals surface area contributed by atoms with Crippen molar-refractivity contribution >= 4 is 11.0 Å². The van der Waals surface area contributed by atoms with Crippen LogP contribution in [0.4, 0.5) is 0 Å². The molecule has 18 heavy (non-hydrogen) atoms. The fraction of sp³-hybridized carbons (Fsp3) is 0.467. The number of hydrogen-bond donors (Lipinski definition) is 1. The van der Waals surface area contributed by atoms with Crippen molar-refractivity contribution in [3.63, 3.8) is 0 Å². The van der Waals surface area contributed by atoms with Gasteiger partial charge in [-0.05, 0) is 24.5 Å². The van der Waals surface area contributed by atoms with Crippen molar-refractivity contribution in [3.8, 4) is 5.75 Å². The monoisotopic (exact) mass is 247 g/mol. The molecule has 0 spiro atoms. The number of hydrogen-bond acceptors (Lipinski definition) is 3. The average molecular weight is 247 g/mol. The quantitative estimate of drug-likeness (QED) is 0.846. The van der Waals surface area contributed by atoms with E-state index in [1.165, 1.54) is 12.8 Å². The Morgan fingerprint density at radius 2 is 2.11 bits per heavy atom. The van der Waals surface area contributed by atoms with Crippen molar-refractivity contribution in [2.45, 2.75) is 33.2 Å². The van der Waals surface area contributed by atoms with Crippen LogP contribution in [0, 0.1) is 5.92 Å². The SMILES string of the molecule is CCCC(C)COc1c(CN)oc2ccccc12. The molecule has 0 aliphatic carbocycles. The first-order chi connectivity index (χ1) is 8.76. The lowest BCUT2D eigenvalue weighted by atomic mass is 10.1. The van der Waals surface area contributed by atoms with E-state index in [2.05, 4.69) is 13.8 Å². The second-order valence-electron chi connectivity index (χ2n) is 4.76. The Morgan fingerprint density at radius 3 is 2.83 bits per heavy atom. The molecular weight excluding hydrogens is 226 g/mol. The summed E-state index contributed by atoms with van der Waals surface area (Å²) in [4.78, 5) is 0.